The zero-order valence-corrected chi connectivity index (χ0v) is 29.3. The number of methoxy groups -OCH3 is 1. The van der Waals surface area contributed by atoms with Crippen LogP contribution in [-0.4, -0.2) is 26.4 Å². The van der Waals surface area contributed by atoms with Gasteiger partial charge in [0.2, 0.25) is 0 Å². The highest BCUT2D eigenvalue weighted by molar-refractivity contribution is 6.09. The summed E-state index contributed by atoms with van der Waals surface area (Å²) in [5.41, 5.74) is 8.85. The van der Waals surface area contributed by atoms with Crippen molar-refractivity contribution in [1.29, 1.82) is 0 Å². The number of rotatable bonds is 11. The van der Waals surface area contributed by atoms with Gasteiger partial charge in [0, 0.05) is 46.4 Å². The Balaban J connectivity index is 1.27. The molecule has 0 aliphatic heterocycles. The van der Waals surface area contributed by atoms with Gasteiger partial charge in [-0.3, -0.25) is 4.57 Å². The highest BCUT2D eigenvalue weighted by Gasteiger charge is 2.18. The van der Waals surface area contributed by atoms with E-state index in [1.54, 1.807) is 13.3 Å². The average molecular weight is 649 g/mol. The summed E-state index contributed by atoms with van der Waals surface area (Å²) < 4.78 is 16.4. The van der Waals surface area contributed by atoms with E-state index < -0.39 is 0 Å². The van der Waals surface area contributed by atoms with Crippen molar-refractivity contribution in [3.63, 3.8) is 0 Å². The van der Waals surface area contributed by atoms with Crippen molar-refractivity contribution in [3.05, 3.63) is 126 Å². The molecule has 248 valence electrons. The zero-order chi connectivity index (χ0) is 34.1. The van der Waals surface area contributed by atoms with E-state index >= 15 is 0 Å². The first kappa shape index (κ1) is 32.2. The third kappa shape index (κ3) is 6.43. The molecule has 0 radical (unpaired) electrons. The smallest absolute Gasteiger partial charge is 0.141 e. The lowest BCUT2D eigenvalue weighted by Gasteiger charge is -2.13. The Morgan fingerprint density at radius 3 is 2.33 bits per heavy atom. The van der Waals surface area contributed by atoms with Gasteiger partial charge in [-0.1, -0.05) is 76.1 Å². The minimum atomic E-state index is 0.484. The lowest BCUT2D eigenvalue weighted by molar-refractivity contribution is 0.414. The Morgan fingerprint density at radius 2 is 1.53 bits per heavy atom. The number of nitrogens with zero attached hydrogens (tertiary/aromatic N) is 4. The van der Waals surface area contributed by atoms with Crippen molar-refractivity contribution in [3.8, 4) is 39.9 Å². The summed E-state index contributed by atoms with van der Waals surface area (Å²) in [7, 11) is 1.69. The van der Waals surface area contributed by atoms with Crippen molar-refractivity contribution < 1.29 is 9.47 Å². The molecular weight excluding hydrogens is 604 g/mol. The van der Waals surface area contributed by atoms with Gasteiger partial charge in [0.05, 0.1) is 29.5 Å². The van der Waals surface area contributed by atoms with Crippen LogP contribution in [0.25, 0.3) is 44.4 Å². The van der Waals surface area contributed by atoms with E-state index in [0.29, 0.717) is 5.92 Å². The van der Waals surface area contributed by atoms with E-state index in [2.05, 4.69) is 106 Å². The third-order valence-electron chi connectivity index (χ3n) is 9.58. The monoisotopic (exact) mass is 648 g/mol. The van der Waals surface area contributed by atoms with E-state index in [1.165, 1.54) is 30.2 Å². The normalized spacial score (nSPS) is 12.2. The third-order valence-corrected chi connectivity index (χ3v) is 9.58. The first-order valence-electron chi connectivity index (χ1n) is 17.3. The molecule has 0 fully saturated rings. The van der Waals surface area contributed by atoms with Crippen LogP contribution in [0.3, 0.4) is 0 Å². The van der Waals surface area contributed by atoms with Gasteiger partial charge in [-0.05, 0) is 85.7 Å². The molecule has 0 aliphatic rings. The lowest BCUT2D eigenvalue weighted by atomic mass is 9.92. The molecule has 7 rings (SSSR count). The fraction of sp³-hybridized carbons (Fsp3) is 0.256. The predicted octanol–water partition coefficient (Wildman–Crippen LogP) is 11.4. The van der Waals surface area contributed by atoms with Crippen LogP contribution >= 0.6 is 0 Å². The molecule has 7 aromatic rings. The van der Waals surface area contributed by atoms with Gasteiger partial charge >= 0.3 is 0 Å². The van der Waals surface area contributed by atoms with Gasteiger partial charge in [0.25, 0.3) is 0 Å². The van der Waals surface area contributed by atoms with E-state index in [-0.39, 0.29) is 0 Å². The standard InChI is InChI=1S/C43H44N4O2/c1-28(2)12-10-13-29(3)33-18-21-40-39(24-33)38-20-19-37(26-41(38)46(40)42-27-35(48-6)22-23-44-42)49-36-17-11-16-34(25-36)47-31(5)43(30(4)45-47)32-14-8-7-9-15-32/h7-9,11,14-29H,10,12-13H2,1-6H3. The van der Waals surface area contributed by atoms with E-state index in [0.717, 1.165) is 73.6 Å². The van der Waals surface area contributed by atoms with Crippen molar-refractivity contribution in [2.45, 2.75) is 59.8 Å². The number of benzene rings is 4. The summed E-state index contributed by atoms with van der Waals surface area (Å²) in [6.45, 7) is 11.1. The van der Waals surface area contributed by atoms with Crippen molar-refractivity contribution >= 4 is 21.8 Å². The minimum absolute atomic E-state index is 0.484. The molecule has 1 unspecified atom stereocenters. The predicted molar refractivity (Wildman–Crippen MR) is 201 cm³/mol. The molecule has 0 N–H and O–H groups in total. The fourth-order valence-electron chi connectivity index (χ4n) is 7.01. The summed E-state index contributed by atoms with van der Waals surface area (Å²) in [6.07, 6.45) is 5.48. The maximum Gasteiger partial charge on any atom is 0.141 e. The Labute approximate surface area is 289 Å². The Hall–Kier alpha value is -5.36. The van der Waals surface area contributed by atoms with Gasteiger partial charge in [0.15, 0.2) is 0 Å². The van der Waals surface area contributed by atoms with Crippen molar-refractivity contribution in [1.82, 2.24) is 19.3 Å². The Kier molecular flexibility index (Phi) is 8.96. The number of hydrogen-bond donors (Lipinski definition) is 0. The summed E-state index contributed by atoms with van der Waals surface area (Å²) in [4.78, 5) is 4.78. The van der Waals surface area contributed by atoms with Crippen LogP contribution in [0.1, 0.15) is 62.9 Å². The van der Waals surface area contributed by atoms with Crippen LogP contribution in [0.2, 0.25) is 0 Å². The molecule has 0 spiro atoms. The SMILES string of the molecule is COc1ccnc(-n2c3ccc(C(C)CCCC(C)C)cc3c3ccc(Oc4cccc(-n5nc(C)c(-c6ccccc6)c5C)c4)cc32)c1. The summed E-state index contributed by atoms with van der Waals surface area (Å²) in [5, 5.41) is 7.28. The van der Waals surface area contributed by atoms with Gasteiger partial charge in [-0.2, -0.15) is 5.10 Å². The van der Waals surface area contributed by atoms with Crippen LogP contribution in [0.4, 0.5) is 0 Å². The second-order valence-electron chi connectivity index (χ2n) is 13.5. The molecule has 0 aliphatic carbocycles. The molecule has 6 nitrogen and oxygen atoms in total. The van der Waals surface area contributed by atoms with Gasteiger partial charge in [-0.15, -0.1) is 0 Å². The molecule has 1 atom stereocenters. The number of aryl methyl sites for hydroxylation is 1. The topological polar surface area (TPSA) is 54.1 Å². The highest BCUT2D eigenvalue weighted by atomic mass is 16.5. The molecule has 3 heterocycles. The maximum absolute atomic E-state index is 6.57. The first-order valence-corrected chi connectivity index (χ1v) is 17.3. The minimum Gasteiger partial charge on any atom is -0.497 e. The quantitative estimate of drug-likeness (QED) is 0.140. The van der Waals surface area contributed by atoms with Crippen LogP contribution in [-0.2, 0) is 0 Å². The first-order chi connectivity index (χ1) is 23.8. The molecular formula is C43H44N4O2. The van der Waals surface area contributed by atoms with E-state index in [4.69, 9.17) is 19.6 Å². The number of ether oxygens (including phenoxy) is 2. The molecule has 4 aromatic carbocycles. The second kappa shape index (κ2) is 13.6. The van der Waals surface area contributed by atoms with E-state index in [9.17, 15) is 0 Å². The number of hydrogen-bond acceptors (Lipinski definition) is 4. The van der Waals surface area contributed by atoms with Gasteiger partial charge < -0.3 is 9.47 Å². The Morgan fingerprint density at radius 1 is 0.714 bits per heavy atom. The molecule has 0 saturated carbocycles. The molecule has 6 heteroatoms. The van der Waals surface area contributed by atoms with E-state index in [1.807, 2.05) is 41.1 Å². The molecule has 0 saturated heterocycles. The largest absolute Gasteiger partial charge is 0.497 e. The average Bonchev–Trinajstić information content (AvgIpc) is 3.60. The van der Waals surface area contributed by atoms with Crippen LogP contribution in [0, 0.1) is 19.8 Å². The Bertz CT molecular complexity index is 2250. The van der Waals surface area contributed by atoms with Gasteiger partial charge in [-0.25, -0.2) is 9.67 Å². The van der Waals surface area contributed by atoms with Crippen LogP contribution in [0.5, 0.6) is 17.2 Å². The van der Waals surface area contributed by atoms with Crippen LogP contribution < -0.4 is 9.47 Å². The van der Waals surface area contributed by atoms with Gasteiger partial charge in [0.1, 0.15) is 23.1 Å². The number of pyridine rings is 1. The lowest BCUT2D eigenvalue weighted by Crippen LogP contribution is -2.00. The second-order valence-corrected chi connectivity index (χ2v) is 13.5. The molecule has 0 amide bonds. The van der Waals surface area contributed by atoms with Crippen LogP contribution in [0.15, 0.2) is 109 Å². The van der Waals surface area contributed by atoms with Crippen molar-refractivity contribution in [2.24, 2.45) is 5.92 Å². The molecule has 0 bridgehead atoms. The summed E-state index contributed by atoms with van der Waals surface area (Å²) >= 11 is 0. The van der Waals surface area contributed by atoms with Crippen molar-refractivity contribution in [2.75, 3.05) is 7.11 Å². The maximum atomic E-state index is 6.57. The number of aromatic nitrogens is 4. The number of fused-ring (bicyclic) bond motifs is 3. The highest BCUT2D eigenvalue weighted by Crippen LogP contribution is 2.38. The summed E-state index contributed by atoms with van der Waals surface area (Å²) in [5.74, 6) is 4.27. The molecule has 49 heavy (non-hydrogen) atoms. The molecule has 3 aromatic heterocycles. The fourth-order valence-corrected chi connectivity index (χ4v) is 7.01. The zero-order valence-electron chi connectivity index (χ0n) is 29.3. The summed E-state index contributed by atoms with van der Waals surface area (Å²) in [6, 6.07) is 35.7.